The van der Waals surface area contributed by atoms with Gasteiger partial charge in [-0.15, -0.1) is 0 Å². The molecule has 0 atom stereocenters. The van der Waals surface area contributed by atoms with Crippen LogP contribution >= 0.6 is 0 Å². The van der Waals surface area contributed by atoms with Crippen LogP contribution in [0, 0.1) is 11.3 Å². The van der Waals surface area contributed by atoms with Gasteiger partial charge in [0.15, 0.2) is 0 Å². The van der Waals surface area contributed by atoms with Crippen LogP contribution in [0.25, 0.3) is 0 Å². The predicted molar refractivity (Wildman–Crippen MR) is 67.2 cm³/mol. The summed E-state index contributed by atoms with van der Waals surface area (Å²) in [5, 5.41) is 0. The van der Waals surface area contributed by atoms with Crippen molar-refractivity contribution in [2.45, 2.75) is 34.6 Å². The molecule has 0 aromatic heterocycles. The molecule has 0 saturated heterocycles. The predicted octanol–water partition coefficient (Wildman–Crippen LogP) is 1.32. The largest absolute Gasteiger partial charge is 0.465 e. The zero-order valence-corrected chi connectivity index (χ0v) is 12.1. The third-order valence-electron chi connectivity index (χ3n) is 2.11. The van der Waals surface area contributed by atoms with Gasteiger partial charge < -0.3 is 14.2 Å². The van der Waals surface area contributed by atoms with Crippen LogP contribution in [0.15, 0.2) is 0 Å². The van der Waals surface area contributed by atoms with E-state index in [1.165, 1.54) is 13.8 Å². The van der Waals surface area contributed by atoms with Crippen molar-refractivity contribution >= 4 is 17.9 Å². The van der Waals surface area contributed by atoms with Gasteiger partial charge in [-0.3, -0.25) is 14.4 Å². The Morgan fingerprint density at radius 1 is 0.842 bits per heavy atom. The molecule has 0 fully saturated rings. The minimum absolute atomic E-state index is 0.0384. The van der Waals surface area contributed by atoms with E-state index in [4.69, 9.17) is 14.2 Å². The highest BCUT2D eigenvalue weighted by Gasteiger charge is 2.24. The van der Waals surface area contributed by atoms with Crippen molar-refractivity contribution < 1.29 is 28.6 Å². The molecule has 0 radical (unpaired) electrons. The van der Waals surface area contributed by atoms with Gasteiger partial charge >= 0.3 is 17.9 Å². The van der Waals surface area contributed by atoms with Crippen molar-refractivity contribution in [2.75, 3.05) is 19.8 Å². The van der Waals surface area contributed by atoms with Crippen LogP contribution in [0.3, 0.4) is 0 Å². The van der Waals surface area contributed by atoms with Crippen molar-refractivity contribution in [3.8, 4) is 0 Å². The van der Waals surface area contributed by atoms with Crippen molar-refractivity contribution in [3.63, 3.8) is 0 Å². The molecule has 0 aliphatic carbocycles. The maximum Gasteiger partial charge on any atom is 0.311 e. The summed E-state index contributed by atoms with van der Waals surface area (Å²) in [7, 11) is 0. The van der Waals surface area contributed by atoms with Crippen molar-refractivity contribution in [2.24, 2.45) is 11.3 Å². The van der Waals surface area contributed by atoms with Gasteiger partial charge in [0.05, 0.1) is 11.3 Å². The van der Waals surface area contributed by atoms with E-state index in [-0.39, 0.29) is 31.7 Å². The maximum atomic E-state index is 11.6. The molecular formula is C13H22O6. The summed E-state index contributed by atoms with van der Waals surface area (Å²) in [6.45, 7) is 7.90. The van der Waals surface area contributed by atoms with Gasteiger partial charge in [0.1, 0.15) is 19.8 Å². The lowest BCUT2D eigenvalue weighted by Gasteiger charge is -2.20. The highest BCUT2D eigenvalue weighted by atomic mass is 16.6. The first-order valence-corrected chi connectivity index (χ1v) is 6.07. The normalized spacial score (nSPS) is 11.1. The van der Waals surface area contributed by atoms with Gasteiger partial charge in [-0.1, -0.05) is 0 Å². The molecule has 0 rings (SSSR count). The van der Waals surface area contributed by atoms with Crippen LogP contribution in [0.1, 0.15) is 34.6 Å². The third-order valence-corrected chi connectivity index (χ3v) is 2.11. The first-order valence-electron chi connectivity index (χ1n) is 6.07. The smallest absolute Gasteiger partial charge is 0.311 e. The fourth-order valence-corrected chi connectivity index (χ4v) is 1.02. The van der Waals surface area contributed by atoms with Gasteiger partial charge in [0.2, 0.25) is 0 Å². The van der Waals surface area contributed by atoms with E-state index in [1.807, 2.05) is 0 Å². The van der Waals surface area contributed by atoms with Gasteiger partial charge in [-0.2, -0.15) is 0 Å². The first-order chi connectivity index (χ1) is 8.62. The highest BCUT2D eigenvalue weighted by Crippen LogP contribution is 2.16. The zero-order chi connectivity index (χ0) is 15.1. The van der Waals surface area contributed by atoms with E-state index < -0.39 is 17.4 Å². The van der Waals surface area contributed by atoms with E-state index in [0.29, 0.717) is 0 Å². The van der Waals surface area contributed by atoms with Crippen molar-refractivity contribution in [3.05, 3.63) is 0 Å². The minimum atomic E-state index is -0.604. The average molecular weight is 274 g/mol. The molecule has 0 amide bonds. The Kier molecular flexibility index (Phi) is 7.11. The molecule has 0 unspecified atom stereocenters. The number of hydrogen-bond acceptors (Lipinski definition) is 6. The molecule has 6 heteroatoms. The van der Waals surface area contributed by atoms with Crippen molar-refractivity contribution in [1.29, 1.82) is 0 Å². The number of carbonyl (C=O) groups excluding carboxylic acids is 3. The monoisotopic (exact) mass is 274 g/mol. The Hall–Kier alpha value is -1.59. The Morgan fingerprint density at radius 2 is 1.21 bits per heavy atom. The van der Waals surface area contributed by atoms with E-state index in [0.717, 1.165) is 0 Å². The minimum Gasteiger partial charge on any atom is -0.465 e. The Labute approximate surface area is 113 Å². The van der Waals surface area contributed by atoms with E-state index >= 15 is 0 Å². The summed E-state index contributed by atoms with van der Waals surface area (Å²) >= 11 is 0. The molecule has 110 valence electrons. The van der Waals surface area contributed by atoms with Crippen LogP contribution in [-0.2, 0) is 28.6 Å². The molecule has 6 nitrogen and oxygen atoms in total. The number of esters is 3. The summed E-state index contributed by atoms with van der Waals surface area (Å²) in [5.41, 5.74) is -0.604. The zero-order valence-electron chi connectivity index (χ0n) is 12.1. The topological polar surface area (TPSA) is 78.9 Å². The second-order valence-electron chi connectivity index (χ2n) is 5.32. The molecule has 0 aliphatic rings. The average Bonchev–Trinajstić information content (AvgIpc) is 2.25. The number of hydrogen-bond donors (Lipinski definition) is 0. The molecule has 0 aromatic carbocycles. The molecule has 0 heterocycles. The fourth-order valence-electron chi connectivity index (χ4n) is 1.02. The molecule has 0 aromatic rings. The summed E-state index contributed by atoms with van der Waals surface area (Å²) in [5.74, 6) is -1.59. The lowest BCUT2D eigenvalue weighted by molar-refractivity contribution is -0.157. The summed E-state index contributed by atoms with van der Waals surface area (Å²) in [4.78, 5) is 33.1. The van der Waals surface area contributed by atoms with Gasteiger partial charge in [0, 0.05) is 13.8 Å². The Balaban J connectivity index is 4.28. The summed E-state index contributed by atoms with van der Waals surface area (Å²) in [6, 6.07) is 0. The van der Waals surface area contributed by atoms with Crippen LogP contribution in [0.2, 0.25) is 0 Å². The van der Waals surface area contributed by atoms with Crippen LogP contribution in [0.5, 0.6) is 0 Å². The van der Waals surface area contributed by atoms with Gasteiger partial charge in [-0.25, -0.2) is 0 Å². The van der Waals surface area contributed by atoms with Crippen molar-refractivity contribution in [1.82, 2.24) is 0 Å². The second-order valence-corrected chi connectivity index (χ2v) is 5.32. The second kappa shape index (κ2) is 7.76. The SMILES string of the molecule is CC(=O)OCC(COC(C)=O)COC(=O)C(C)(C)C. The Morgan fingerprint density at radius 3 is 1.53 bits per heavy atom. The lowest BCUT2D eigenvalue weighted by Crippen LogP contribution is -2.29. The molecule has 0 spiro atoms. The summed E-state index contributed by atoms with van der Waals surface area (Å²) < 4.78 is 14.8. The molecular weight excluding hydrogens is 252 g/mol. The molecule has 0 aliphatic heterocycles. The number of carbonyl (C=O) groups is 3. The maximum absolute atomic E-state index is 11.6. The molecule has 0 saturated carbocycles. The van der Waals surface area contributed by atoms with Crippen LogP contribution in [-0.4, -0.2) is 37.7 Å². The molecule has 0 N–H and O–H groups in total. The molecule has 19 heavy (non-hydrogen) atoms. The summed E-state index contributed by atoms with van der Waals surface area (Å²) in [6.07, 6.45) is 0. The van der Waals surface area contributed by atoms with Crippen LogP contribution < -0.4 is 0 Å². The number of rotatable bonds is 6. The van der Waals surface area contributed by atoms with Crippen LogP contribution in [0.4, 0.5) is 0 Å². The van der Waals surface area contributed by atoms with E-state index in [1.54, 1.807) is 20.8 Å². The highest BCUT2D eigenvalue weighted by molar-refractivity contribution is 5.75. The fraction of sp³-hybridized carbons (Fsp3) is 0.769. The van der Waals surface area contributed by atoms with E-state index in [9.17, 15) is 14.4 Å². The Bertz CT molecular complexity index is 311. The van der Waals surface area contributed by atoms with Gasteiger partial charge in [-0.05, 0) is 20.8 Å². The quantitative estimate of drug-likeness (QED) is 0.537. The lowest BCUT2D eigenvalue weighted by atomic mass is 9.97. The number of ether oxygens (including phenoxy) is 3. The van der Waals surface area contributed by atoms with E-state index in [2.05, 4.69) is 0 Å². The van der Waals surface area contributed by atoms with Gasteiger partial charge in [0.25, 0.3) is 0 Å². The molecule has 0 bridgehead atoms. The third kappa shape index (κ3) is 9.04. The first kappa shape index (κ1) is 17.4. The standard InChI is InChI=1S/C13H22O6/c1-9(14)17-6-11(7-18-10(2)15)8-19-12(16)13(3,4)5/h11H,6-8H2,1-5H3.